The highest BCUT2D eigenvalue weighted by Gasteiger charge is 2.34. The zero-order valence-corrected chi connectivity index (χ0v) is 10.9. The monoisotopic (exact) mass is 229 g/mol. The SMILES string of the molecule is CC1=CC(=O)CC(C)(C)C1C=C/C(C)=C\C#N. The van der Waals surface area contributed by atoms with Gasteiger partial charge < -0.3 is 0 Å². The van der Waals surface area contributed by atoms with Gasteiger partial charge in [0, 0.05) is 18.4 Å². The van der Waals surface area contributed by atoms with Crippen LogP contribution in [0.4, 0.5) is 0 Å². The molecule has 0 radical (unpaired) electrons. The van der Waals surface area contributed by atoms with E-state index in [0.29, 0.717) is 6.42 Å². The van der Waals surface area contributed by atoms with Gasteiger partial charge in [-0.25, -0.2) is 0 Å². The summed E-state index contributed by atoms with van der Waals surface area (Å²) in [5.41, 5.74) is 2.00. The molecule has 1 rings (SSSR count). The number of allylic oxidation sites excluding steroid dienone is 6. The van der Waals surface area contributed by atoms with E-state index in [9.17, 15) is 4.79 Å². The van der Waals surface area contributed by atoms with Crippen molar-refractivity contribution in [2.75, 3.05) is 0 Å². The van der Waals surface area contributed by atoms with Crippen molar-refractivity contribution in [1.82, 2.24) is 0 Å². The number of hydrogen-bond acceptors (Lipinski definition) is 2. The molecule has 1 aliphatic carbocycles. The van der Waals surface area contributed by atoms with Crippen LogP contribution >= 0.6 is 0 Å². The highest BCUT2D eigenvalue weighted by Crippen LogP contribution is 2.40. The standard InChI is InChI=1S/C15H19NO/c1-11(7-8-16)5-6-14-12(2)9-13(17)10-15(14,3)4/h5-7,9,14H,10H2,1-4H3/b6-5?,11-7-. The van der Waals surface area contributed by atoms with Gasteiger partial charge in [0.05, 0.1) is 6.07 Å². The number of ketones is 1. The number of nitriles is 1. The summed E-state index contributed by atoms with van der Waals surface area (Å²) in [5, 5.41) is 8.55. The van der Waals surface area contributed by atoms with Gasteiger partial charge in [-0.3, -0.25) is 4.79 Å². The van der Waals surface area contributed by atoms with Crippen molar-refractivity contribution in [3.63, 3.8) is 0 Å². The van der Waals surface area contributed by atoms with Gasteiger partial charge in [-0.1, -0.05) is 31.6 Å². The van der Waals surface area contributed by atoms with Crippen LogP contribution in [0.25, 0.3) is 0 Å². The van der Waals surface area contributed by atoms with Gasteiger partial charge in [0.25, 0.3) is 0 Å². The number of hydrogen-bond donors (Lipinski definition) is 0. The molecule has 0 N–H and O–H groups in total. The molecule has 0 spiro atoms. The molecule has 2 nitrogen and oxygen atoms in total. The molecule has 0 saturated heterocycles. The van der Waals surface area contributed by atoms with Crippen LogP contribution in [0.2, 0.25) is 0 Å². The van der Waals surface area contributed by atoms with E-state index < -0.39 is 0 Å². The Labute approximate surface area is 103 Å². The molecule has 0 aromatic heterocycles. The van der Waals surface area contributed by atoms with Gasteiger partial charge in [-0.2, -0.15) is 5.26 Å². The highest BCUT2D eigenvalue weighted by atomic mass is 16.1. The molecule has 0 aromatic carbocycles. The first-order valence-electron chi connectivity index (χ1n) is 5.82. The van der Waals surface area contributed by atoms with Crippen LogP contribution in [-0.4, -0.2) is 5.78 Å². The summed E-state index contributed by atoms with van der Waals surface area (Å²) in [5.74, 6) is 0.476. The second kappa shape index (κ2) is 5.14. The summed E-state index contributed by atoms with van der Waals surface area (Å²) in [4.78, 5) is 11.5. The van der Waals surface area contributed by atoms with E-state index >= 15 is 0 Å². The second-order valence-corrected chi connectivity index (χ2v) is 5.37. The smallest absolute Gasteiger partial charge is 0.156 e. The minimum Gasteiger partial charge on any atom is -0.295 e. The van der Waals surface area contributed by atoms with Crippen molar-refractivity contribution in [2.45, 2.75) is 34.1 Å². The van der Waals surface area contributed by atoms with Gasteiger partial charge in [-0.05, 0) is 30.9 Å². The van der Waals surface area contributed by atoms with Gasteiger partial charge in [0.15, 0.2) is 5.78 Å². The molecule has 1 unspecified atom stereocenters. The van der Waals surface area contributed by atoms with E-state index in [1.807, 2.05) is 26.0 Å². The first-order chi connectivity index (χ1) is 7.86. The van der Waals surface area contributed by atoms with Crippen molar-refractivity contribution in [3.8, 4) is 6.07 Å². The van der Waals surface area contributed by atoms with E-state index in [-0.39, 0.29) is 17.1 Å². The van der Waals surface area contributed by atoms with Crippen molar-refractivity contribution >= 4 is 5.78 Å². The third kappa shape index (κ3) is 3.42. The fourth-order valence-electron chi connectivity index (χ4n) is 2.38. The van der Waals surface area contributed by atoms with Gasteiger partial charge in [0.1, 0.15) is 0 Å². The molecule has 0 heterocycles. The summed E-state index contributed by atoms with van der Waals surface area (Å²) >= 11 is 0. The molecule has 0 fully saturated rings. The zero-order valence-electron chi connectivity index (χ0n) is 10.9. The Morgan fingerprint density at radius 1 is 1.59 bits per heavy atom. The largest absolute Gasteiger partial charge is 0.295 e. The van der Waals surface area contributed by atoms with Crippen LogP contribution in [0.5, 0.6) is 0 Å². The summed E-state index contributed by atoms with van der Waals surface area (Å²) < 4.78 is 0. The van der Waals surface area contributed by atoms with Crippen LogP contribution in [0.15, 0.2) is 35.5 Å². The predicted molar refractivity (Wildman–Crippen MR) is 69.2 cm³/mol. The van der Waals surface area contributed by atoms with E-state index in [0.717, 1.165) is 11.1 Å². The average Bonchev–Trinajstić information content (AvgIpc) is 2.14. The third-order valence-electron chi connectivity index (χ3n) is 3.19. The lowest BCUT2D eigenvalue weighted by atomic mass is 9.68. The molecule has 90 valence electrons. The van der Waals surface area contributed by atoms with Crippen molar-refractivity contribution in [1.29, 1.82) is 5.26 Å². The quantitative estimate of drug-likeness (QED) is 0.536. The molecule has 0 amide bonds. The number of carbonyl (C=O) groups excluding carboxylic acids is 1. The zero-order chi connectivity index (χ0) is 13.1. The Kier molecular flexibility index (Phi) is 4.07. The lowest BCUT2D eigenvalue weighted by Gasteiger charge is -2.35. The molecule has 1 atom stereocenters. The molecular weight excluding hydrogens is 210 g/mol. The van der Waals surface area contributed by atoms with E-state index in [2.05, 4.69) is 19.9 Å². The lowest BCUT2D eigenvalue weighted by molar-refractivity contribution is -0.117. The van der Waals surface area contributed by atoms with Gasteiger partial charge in [0.2, 0.25) is 0 Å². The Hall–Kier alpha value is -1.62. The van der Waals surface area contributed by atoms with Crippen LogP contribution < -0.4 is 0 Å². The fraction of sp³-hybridized carbons (Fsp3) is 0.467. The molecule has 0 saturated carbocycles. The molecular formula is C15H19NO. The fourth-order valence-corrected chi connectivity index (χ4v) is 2.38. The van der Waals surface area contributed by atoms with Crippen LogP contribution in [0.3, 0.4) is 0 Å². The minimum absolute atomic E-state index is 0.0423. The molecule has 1 aliphatic rings. The molecule has 17 heavy (non-hydrogen) atoms. The van der Waals surface area contributed by atoms with Crippen molar-refractivity contribution in [2.24, 2.45) is 11.3 Å². The van der Waals surface area contributed by atoms with E-state index in [4.69, 9.17) is 5.26 Å². The molecule has 0 aliphatic heterocycles. The average molecular weight is 229 g/mol. The Morgan fingerprint density at radius 2 is 2.24 bits per heavy atom. The summed E-state index contributed by atoms with van der Waals surface area (Å²) in [6.07, 6.45) is 7.91. The first-order valence-corrected chi connectivity index (χ1v) is 5.82. The summed E-state index contributed by atoms with van der Waals surface area (Å²) in [6.45, 7) is 8.12. The molecule has 0 bridgehead atoms. The van der Waals surface area contributed by atoms with Crippen LogP contribution in [0.1, 0.15) is 34.1 Å². The normalized spacial score (nSPS) is 24.6. The van der Waals surface area contributed by atoms with Gasteiger partial charge >= 0.3 is 0 Å². The maximum absolute atomic E-state index is 11.5. The highest BCUT2D eigenvalue weighted by molar-refractivity contribution is 5.92. The summed E-state index contributed by atoms with van der Waals surface area (Å²) in [6, 6.07) is 2.01. The van der Waals surface area contributed by atoms with Crippen molar-refractivity contribution in [3.05, 3.63) is 35.5 Å². The minimum atomic E-state index is -0.0423. The molecule has 0 aromatic rings. The Morgan fingerprint density at radius 3 is 2.76 bits per heavy atom. The molecule has 2 heteroatoms. The van der Waals surface area contributed by atoms with Crippen LogP contribution in [0, 0.1) is 22.7 Å². The van der Waals surface area contributed by atoms with E-state index in [1.165, 1.54) is 6.08 Å². The first kappa shape index (κ1) is 13.4. The maximum Gasteiger partial charge on any atom is 0.156 e. The number of rotatable bonds is 2. The van der Waals surface area contributed by atoms with E-state index in [1.54, 1.807) is 6.08 Å². The number of carbonyl (C=O) groups is 1. The lowest BCUT2D eigenvalue weighted by Crippen LogP contribution is -2.30. The summed E-state index contributed by atoms with van der Waals surface area (Å²) in [7, 11) is 0. The second-order valence-electron chi connectivity index (χ2n) is 5.37. The topological polar surface area (TPSA) is 40.9 Å². The maximum atomic E-state index is 11.5. The van der Waals surface area contributed by atoms with Gasteiger partial charge in [-0.15, -0.1) is 0 Å². The third-order valence-corrected chi connectivity index (χ3v) is 3.19. The van der Waals surface area contributed by atoms with Crippen molar-refractivity contribution < 1.29 is 4.79 Å². The predicted octanol–water partition coefficient (Wildman–Crippen LogP) is 3.57. The Bertz CT molecular complexity index is 444. The van der Waals surface area contributed by atoms with Crippen LogP contribution in [-0.2, 0) is 4.79 Å². The number of nitrogens with zero attached hydrogens (tertiary/aromatic N) is 1. The Balaban J connectivity index is 2.97.